The Labute approximate surface area is 189 Å². The van der Waals surface area contributed by atoms with Gasteiger partial charge in [0.1, 0.15) is 16.5 Å². The number of ether oxygens (including phenoxy) is 1. The van der Waals surface area contributed by atoms with E-state index in [1.165, 1.54) is 31.4 Å². The molecule has 8 heteroatoms. The van der Waals surface area contributed by atoms with Gasteiger partial charge in [0.25, 0.3) is 0 Å². The molecule has 2 aromatic carbocycles. The molecule has 1 aromatic heterocycles. The highest BCUT2D eigenvalue weighted by Gasteiger charge is 2.37. The lowest BCUT2D eigenvalue weighted by molar-refractivity contribution is -0.148. The number of rotatable bonds is 7. The molecule has 1 N–H and O–H groups in total. The third kappa shape index (κ3) is 5.10. The van der Waals surface area contributed by atoms with E-state index in [1.54, 1.807) is 37.3 Å². The van der Waals surface area contributed by atoms with Crippen LogP contribution in [0.3, 0.4) is 0 Å². The SMILES string of the molecule is COC(=O)C(C)(NCC(=O)c1ccccc1)c1cc(Cl)nc(-c2ccc(F)c(Cl)c2)c1. The number of Topliss-reactive ketones (excluding diaryl/α,β-unsaturated/α-hetero) is 1. The van der Waals surface area contributed by atoms with Crippen LogP contribution in [-0.4, -0.2) is 30.4 Å². The number of hydrogen-bond donors (Lipinski definition) is 1. The zero-order valence-corrected chi connectivity index (χ0v) is 18.3. The van der Waals surface area contributed by atoms with Crippen LogP contribution in [0.4, 0.5) is 4.39 Å². The Kier molecular flexibility index (Phi) is 7.05. The molecule has 1 atom stereocenters. The van der Waals surface area contributed by atoms with Crippen molar-refractivity contribution in [3.05, 3.63) is 87.8 Å². The third-order valence-electron chi connectivity index (χ3n) is 4.88. The zero-order chi connectivity index (χ0) is 22.6. The van der Waals surface area contributed by atoms with Gasteiger partial charge in [-0.3, -0.25) is 10.1 Å². The zero-order valence-electron chi connectivity index (χ0n) is 16.8. The van der Waals surface area contributed by atoms with Crippen LogP contribution >= 0.6 is 23.2 Å². The van der Waals surface area contributed by atoms with Crippen molar-refractivity contribution >= 4 is 35.0 Å². The first kappa shape index (κ1) is 22.9. The summed E-state index contributed by atoms with van der Waals surface area (Å²) in [5.74, 6) is -1.37. The molecule has 0 bridgehead atoms. The maximum absolute atomic E-state index is 13.5. The largest absolute Gasteiger partial charge is 0.467 e. The Hall–Kier alpha value is -2.80. The van der Waals surface area contributed by atoms with E-state index in [-0.39, 0.29) is 22.5 Å². The molecule has 5 nitrogen and oxygen atoms in total. The van der Waals surface area contributed by atoms with Gasteiger partial charge in [0, 0.05) is 11.1 Å². The summed E-state index contributed by atoms with van der Waals surface area (Å²) >= 11 is 12.1. The van der Waals surface area contributed by atoms with E-state index in [4.69, 9.17) is 27.9 Å². The fourth-order valence-corrected chi connectivity index (χ4v) is 3.46. The highest BCUT2D eigenvalue weighted by molar-refractivity contribution is 6.31. The molecule has 0 amide bonds. The summed E-state index contributed by atoms with van der Waals surface area (Å²) in [5.41, 5.74) is 0.440. The number of aromatic nitrogens is 1. The summed E-state index contributed by atoms with van der Waals surface area (Å²) in [5, 5.41) is 3.04. The van der Waals surface area contributed by atoms with Gasteiger partial charge in [-0.2, -0.15) is 0 Å². The van der Waals surface area contributed by atoms with E-state index < -0.39 is 17.3 Å². The molecule has 0 aliphatic rings. The van der Waals surface area contributed by atoms with E-state index in [2.05, 4.69) is 10.3 Å². The van der Waals surface area contributed by atoms with Crippen LogP contribution in [0.1, 0.15) is 22.8 Å². The van der Waals surface area contributed by atoms with E-state index in [1.807, 2.05) is 6.07 Å². The summed E-state index contributed by atoms with van der Waals surface area (Å²) in [6.07, 6.45) is 0. The number of pyridine rings is 1. The summed E-state index contributed by atoms with van der Waals surface area (Å²) in [6.45, 7) is 1.47. The Morgan fingerprint density at radius 2 is 1.81 bits per heavy atom. The first-order valence-corrected chi connectivity index (χ1v) is 10.1. The standard InChI is InChI=1S/C23H19Cl2FN2O3/c1-23(22(30)31-2,27-13-20(29)14-6-4-3-5-7-14)16-11-19(28-21(25)12-16)15-8-9-18(26)17(24)10-15/h3-12,27H,13H2,1-2H3. The van der Waals surface area contributed by atoms with Crippen molar-refractivity contribution in [1.82, 2.24) is 10.3 Å². The summed E-state index contributed by atoms with van der Waals surface area (Å²) in [6, 6.07) is 16.0. The van der Waals surface area contributed by atoms with Crippen LogP contribution < -0.4 is 5.32 Å². The van der Waals surface area contributed by atoms with Crippen molar-refractivity contribution in [2.24, 2.45) is 0 Å². The summed E-state index contributed by atoms with van der Waals surface area (Å²) in [4.78, 5) is 29.5. The Morgan fingerprint density at radius 1 is 1.10 bits per heavy atom. The molecule has 0 fully saturated rings. The predicted octanol–water partition coefficient (Wildman–Crippen LogP) is 5.06. The minimum Gasteiger partial charge on any atom is -0.467 e. The molecule has 0 aliphatic carbocycles. The van der Waals surface area contributed by atoms with Gasteiger partial charge in [0.15, 0.2) is 5.78 Å². The maximum Gasteiger partial charge on any atom is 0.330 e. The maximum atomic E-state index is 13.5. The predicted molar refractivity (Wildman–Crippen MR) is 118 cm³/mol. The molecule has 1 unspecified atom stereocenters. The number of halogens is 3. The van der Waals surface area contributed by atoms with Gasteiger partial charge in [-0.1, -0.05) is 53.5 Å². The van der Waals surface area contributed by atoms with Gasteiger partial charge in [-0.05, 0) is 42.8 Å². The van der Waals surface area contributed by atoms with Crippen LogP contribution in [0, 0.1) is 5.82 Å². The first-order valence-electron chi connectivity index (χ1n) is 9.30. The molecular formula is C23H19Cl2FN2O3. The second kappa shape index (κ2) is 9.56. The number of ketones is 1. The van der Waals surface area contributed by atoms with Gasteiger partial charge in [0.2, 0.25) is 0 Å². The minimum atomic E-state index is -1.40. The second-order valence-corrected chi connectivity index (χ2v) is 7.75. The Balaban J connectivity index is 1.98. The number of carbonyl (C=O) groups excluding carboxylic acids is 2. The minimum absolute atomic E-state index is 0.0665. The lowest BCUT2D eigenvalue weighted by Gasteiger charge is -2.29. The van der Waals surface area contributed by atoms with Crippen molar-refractivity contribution in [2.75, 3.05) is 13.7 Å². The van der Waals surface area contributed by atoms with Crippen LogP contribution in [0.2, 0.25) is 10.2 Å². The molecule has 0 aliphatic heterocycles. The normalized spacial score (nSPS) is 12.8. The molecule has 0 spiro atoms. The average Bonchev–Trinajstić information content (AvgIpc) is 2.78. The van der Waals surface area contributed by atoms with Gasteiger partial charge in [-0.25, -0.2) is 14.2 Å². The monoisotopic (exact) mass is 460 g/mol. The highest BCUT2D eigenvalue weighted by atomic mass is 35.5. The number of esters is 1. The van der Waals surface area contributed by atoms with Gasteiger partial charge in [-0.15, -0.1) is 0 Å². The second-order valence-electron chi connectivity index (χ2n) is 6.95. The first-order chi connectivity index (χ1) is 14.7. The number of carbonyl (C=O) groups is 2. The summed E-state index contributed by atoms with van der Waals surface area (Å²) < 4.78 is 18.5. The lowest BCUT2D eigenvalue weighted by Crippen LogP contribution is -2.49. The number of nitrogens with zero attached hydrogens (tertiary/aromatic N) is 1. The number of nitrogens with one attached hydrogen (secondary N) is 1. The van der Waals surface area contributed by atoms with Crippen LogP contribution in [0.5, 0.6) is 0 Å². The molecule has 1 heterocycles. The van der Waals surface area contributed by atoms with Crippen molar-refractivity contribution in [1.29, 1.82) is 0 Å². The fraction of sp³-hybridized carbons (Fsp3) is 0.174. The van der Waals surface area contributed by atoms with Crippen molar-refractivity contribution in [3.8, 4) is 11.3 Å². The van der Waals surface area contributed by atoms with Gasteiger partial charge < -0.3 is 4.74 Å². The smallest absolute Gasteiger partial charge is 0.330 e. The van der Waals surface area contributed by atoms with E-state index >= 15 is 0 Å². The highest BCUT2D eigenvalue weighted by Crippen LogP contribution is 2.30. The van der Waals surface area contributed by atoms with E-state index in [9.17, 15) is 14.0 Å². The Bertz CT molecular complexity index is 1130. The fourth-order valence-electron chi connectivity index (χ4n) is 3.07. The number of methoxy groups -OCH3 is 1. The topological polar surface area (TPSA) is 68.3 Å². The van der Waals surface area contributed by atoms with Crippen molar-refractivity contribution in [3.63, 3.8) is 0 Å². The quantitative estimate of drug-likeness (QED) is 0.303. The molecular weight excluding hydrogens is 442 g/mol. The molecule has 3 aromatic rings. The number of benzene rings is 2. The van der Waals surface area contributed by atoms with Gasteiger partial charge >= 0.3 is 5.97 Å². The van der Waals surface area contributed by atoms with Crippen LogP contribution in [0.15, 0.2) is 60.7 Å². The molecule has 0 saturated carbocycles. The third-order valence-corrected chi connectivity index (χ3v) is 5.36. The molecule has 3 rings (SSSR count). The van der Waals surface area contributed by atoms with Gasteiger partial charge in [0.05, 0.1) is 24.4 Å². The van der Waals surface area contributed by atoms with Crippen molar-refractivity contribution in [2.45, 2.75) is 12.5 Å². The van der Waals surface area contributed by atoms with Crippen LogP contribution in [0.25, 0.3) is 11.3 Å². The average molecular weight is 461 g/mol. The molecule has 0 saturated heterocycles. The van der Waals surface area contributed by atoms with Crippen molar-refractivity contribution < 1.29 is 18.7 Å². The van der Waals surface area contributed by atoms with E-state index in [0.717, 1.165) is 0 Å². The number of hydrogen-bond acceptors (Lipinski definition) is 5. The molecule has 0 radical (unpaired) electrons. The lowest BCUT2D eigenvalue weighted by atomic mass is 9.91. The molecule has 31 heavy (non-hydrogen) atoms. The summed E-state index contributed by atoms with van der Waals surface area (Å²) in [7, 11) is 1.25. The molecule has 160 valence electrons. The Morgan fingerprint density at radius 3 is 2.45 bits per heavy atom. The van der Waals surface area contributed by atoms with Crippen LogP contribution in [-0.2, 0) is 15.1 Å². The van der Waals surface area contributed by atoms with E-state index in [0.29, 0.717) is 22.4 Å².